The summed E-state index contributed by atoms with van der Waals surface area (Å²) in [6.45, 7) is 2.21. The van der Waals surface area contributed by atoms with Crippen LogP contribution in [-0.2, 0) is 6.61 Å². The van der Waals surface area contributed by atoms with E-state index in [1.165, 1.54) is 4.68 Å². The second kappa shape index (κ2) is 7.97. The summed E-state index contributed by atoms with van der Waals surface area (Å²) in [5.41, 5.74) is 3.94. The fraction of sp³-hybridized carbons (Fsp3) is 0.143. The number of methoxy groups -OCH3 is 1. The minimum Gasteiger partial charge on any atom is -0.497 e. The standard InChI is InChI=1S/C21H19N5O3/c1-14-5-3-8-20(26-21(27)23-24-25-26)19(14)13-29-18-10-16(11-22-12-18)15-6-4-7-17(9-15)28-2/h3-12H,13H2,1-2H3,(H,23,25,27). The van der Waals surface area contributed by atoms with Crippen molar-refractivity contribution in [2.45, 2.75) is 13.5 Å². The first-order valence-electron chi connectivity index (χ1n) is 8.97. The van der Waals surface area contributed by atoms with E-state index in [9.17, 15) is 4.79 Å². The minimum absolute atomic E-state index is 0.255. The number of aromatic amines is 1. The van der Waals surface area contributed by atoms with Crippen molar-refractivity contribution in [2.75, 3.05) is 7.11 Å². The number of pyridine rings is 1. The Kier molecular flexibility index (Phi) is 5.07. The number of nitrogens with one attached hydrogen (secondary N) is 1. The van der Waals surface area contributed by atoms with Crippen LogP contribution in [0.5, 0.6) is 11.5 Å². The van der Waals surface area contributed by atoms with Gasteiger partial charge in [0.05, 0.1) is 19.0 Å². The third kappa shape index (κ3) is 3.86. The molecule has 0 spiro atoms. The summed E-state index contributed by atoms with van der Waals surface area (Å²) < 4.78 is 12.5. The van der Waals surface area contributed by atoms with Crippen molar-refractivity contribution in [3.63, 3.8) is 0 Å². The maximum absolute atomic E-state index is 11.9. The summed E-state index contributed by atoms with van der Waals surface area (Å²) >= 11 is 0. The molecule has 0 aliphatic rings. The first kappa shape index (κ1) is 18.4. The molecule has 0 aliphatic heterocycles. The van der Waals surface area contributed by atoms with Gasteiger partial charge in [-0.3, -0.25) is 4.98 Å². The van der Waals surface area contributed by atoms with Gasteiger partial charge < -0.3 is 9.47 Å². The van der Waals surface area contributed by atoms with Gasteiger partial charge in [0.15, 0.2) is 0 Å². The van der Waals surface area contributed by atoms with Crippen LogP contribution in [-0.4, -0.2) is 32.3 Å². The Morgan fingerprint density at radius 1 is 1.03 bits per heavy atom. The zero-order valence-corrected chi connectivity index (χ0v) is 16.0. The molecule has 0 radical (unpaired) electrons. The lowest BCUT2D eigenvalue weighted by Crippen LogP contribution is -2.18. The van der Waals surface area contributed by atoms with Crippen LogP contribution in [0.25, 0.3) is 16.8 Å². The maximum atomic E-state index is 11.9. The van der Waals surface area contributed by atoms with Crippen LogP contribution in [0.3, 0.4) is 0 Å². The summed E-state index contributed by atoms with van der Waals surface area (Å²) in [5.74, 6) is 1.39. The molecule has 0 aliphatic carbocycles. The summed E-state index contributed by atoms with van der Waals surface area (Å²) in [6.07, 6.45) is 3.43. The summed E-state index contributed by atoms with van der Waals surface area (Å²) in [5, 5.41) is 9.70. The molecule has 2 aromatic carbocycles. The van der Waals surface area contributed by atoms with E-state index in [0.717, 1.165) is 28.0 Å². The summed E-state index contributed by atoms with van der Waals surface area (Å²) in [7, 11) is 1.64. The van der Waals surface area contributed by atoms with E-state index < -0.39 is 5.69 Å². The van der Waals surface area contributed by atoms with Crippen molar-refractivity contribution in [1.82, 2.24) is 25.2 Å². The average molecular weight is 389 g/mol. The molecule has 4 aromatic rings. The van der Waals surface area contributed by atoms with Crippen LogP contribution in [0.1, 0.15) is 11.1 Å². The lowest BCUT2D eigenvalue weighted by molar-refractivity contribution is 0.303. The van der Waals surface area contributed by atoms with Crippen molar-refractivity contribution < 1.29 is 9.47 Å². The van der Waals surface area contributed by atoms with Gasteiger partial charge >= 0.3 is 5.69 Å². The number of ether oxygens (including phenoxy) is 2. The maximum Gasteiger partial charge on any atom is 0.365 e. The van der Waals surface area contributed by atoms with Crippen molar-refractivity contribution in [1.29, 1.82) is 0 Å². The van der Waals surface area contributed by atoms with Gasteiger partial charge in [0.1, 0.15) is 18.1 Å². The molecule has 0 bridgehead atoms. The van der Waals surface area contributed by atoms with Crippen molar-refractivity contribution in [3.05, 3.63) is 82.5 Å². The average Bonchev–Trinajstić information content (AvgIpc) is 3.18. The second-order valence-corrected chi connectivity index (χ2v) is 6.42. The molecule has 0 fully saturated rings. The Bertz CT molecular complexity index is 1200. The van der Waals surface area contributed by atoms with E-state index in [2.05, 4.69) is 20.5 Å². The quantitative estimate of drug-likeness (QED) is 0.545. The van der Waals surface area contributed by atoms with E-state index in [-0.39, 0.29) is 6.61 Å². The molecule has 2 aromatic heterocycles. The van der Waals surface area contributed by atoms with Crippen molar-refractivity contribution in [2.24, 2.45) is 0 Å². The zero-order valence-electron chi connectivity index (χ0n) is 16.0. The molecule has 146 valence electrons. The van der Waals surface area contributed by atoms with Gasteiger partial charge in [-0.05, 0) is 52.7 Å². The lowest BCUT2D eigenvalue weighted by atomic mass is 10.1. The fourth-order valence-electron chi connectivity index (χ4n) is 3.04. The molecule has 0 unspecified atom stereocenters. The predicted molar refractivity (Wildman–Crippen MR) is 107 cm³/mol. The molecule has 2 heterocycles. The van der Waals surface area contributed by atoms with Crippen LogP contribution in [0.15, 0.2) is 65.7 Å². The smallest absolute Gasteiger partial charge is 0.365 e. The van der Waals surface area contributed by atoms with Gasteiger partial charge in [-0.1, -0.05) is 24.3 Å². The second-order valence-electron chi connectivity index (χ2n) is 6.42. The SMILES string of the molecule is COc1cccc(-c2cncc(OCc3c(C)cccc3-n3nn[nH]c3=O)c2)c1. The van der Waals surface area contributed by atoms with E-state index in [0.29, 0.717) is 11.4 Å². The number of nitrogens with zero attached hydrogens (tertiary/aromatic N) is 4. The third-order valence-electron chi connectivity index (χ3n) is 4.59. The summed E-state index contributed by atoms with van der Waals surface area (Å²) in [4.78, 5) is 16.2. The molecule has 1 N–H and O–H groups in total. The number of hydrogen-bond acceptors (Lipinski definition) is 6. The molecule has 4 rings (SSSR count). The third-order valence-corrected chi connectivity index (χ3v) is 4.59. The Hall–Kier alpha value is -3.94. The topological polar surface area (TPSA) is 94.9 Å². The number of rotatable bonds is 6. The number of aromatic nitrogens is 5. The molecule has 0 saturated carbocycles. The van der Waals surface area contributed by atoms with Gasteiger partial charge in [-0.2, -0.15) is 4.68 Å². The highest BCUT2D eigenvalue weighted by Gasteiger charge is 2.12. The number of tetrazole rings is 1. The molecular formula is C21H19N5O3. The Morgan fingerprint density at radius 3 is 2.66 bits per heavy atom. The van der Waals surface area contributed by atoms with Crippen LogP contribution in [0.2, 0.25) is 0 Å². The largest absolute Gasteiger partial charge is 0.497 e. The van der Waals surface area contributed by atoms with Crippen LogP contribution in [0, 0.1) is 6.92 Å². The molecule has 8 nitrogen and oxygen atoms in total. The van der Waals surface area contributed by atoms with Crippen molar-refractivity contribution in [3.8, 4) is 28.3 Å². The molecule has 29 heavy (non-hydrogen) atoms. The van der Waals surface area contributed by atoms with E-state index in [1.807, 2.05) is 49.4 Å². The van der Waals surface area contributed by atoms with Crippen LogP contribution in [0.4, 0.5) is 0 Å². The van der Waals surface area contributed by atoms with Crippen LogP contribution < -0.4 is 15.2 Å². The Balaban J connectivity index is 1.61. The minimum atomic E-state index is -0.404. The molecule has 8 heteroatoms. The summed E-state index contributed by atoms with van der Waals surface area (Å²) in [6, 6.07) is 15.3. The number of aryl methyl sites for hydroxylation is 1. The Morgan fingerprint density at radius 2 is 1.86 bits per heavy atom. The van der Waals surface area contributed by atoms with E-state index >= 15 is 0 Å². The van der Waals surface area contributed by atoms with Gasteiger partial charge in [0, 0.05) is 17.3 Å². The zero-order chi connectivity index (χ0) is 20.2. The number of H-pyrrole nitrogens is 1. The van der Waals surface area contributed by atoms with Crippen molar-refractivity contribution >= 4 is 0 Å². The normalized spacial score (nSPS) is 10.7. The first-order chi connectivity index (χ1) is 14.2. The molecule has 0 atom stereocenters. The van der Waals surface area contributed by atoms with Gasteiger partial charge in [-0.25, -0.2) is 9.89 Å². The predicted octanol–water partition coefficient (Wildman–Crippen LogP) is 2.91. The lowest BCUT2D eigenvalue weighted by Gasteiger charge is -2.13. The van der Waals surface area contributed by atoms with Crippen LogP contribution >= 0.6 is 0 Å². The monoisotopic (exact) mass is 389 g/mol. The number of hydrogen-bond donors (Lipinski definition) is 1. The van der Waals surface area contributed by atoms with Gasteiger partial charge in [0.25, 0.3) is 0 Å². The van der Waals surface area contributed by atoms with Gasteiger partial charge in [-0.15, -0.1) is 0 Å². The Labute approximate surface area is 166 Å². The highest BCUT2D eigenvalue weighted by atomic mass is 16.5. The highest BCUT2D eigenvalue weighted by Crippen LogP contribution is 2.27. The number of benzene rings is 2. The fourth-order valence-corrected chi connectivity index (χ4v) is 3.04. The molecule has 0 amide bonds. The highest BCUT2D eigenvalue weighted by molar-refractivity contribution is 5.65. The van der Waals surface area contributed by atoms with E-state index in [1.54, 1.807) is 25.6 Å². The molecular weight excluding hydrogens is 370 g/mol. The first-order valence-corrected chi connectivity index (χ1v) is 8.97. The van der Waals surface area contributed by atoms with Gasteiger partial charge in [0.2, 0.25) is 0 Å². The van der Waals surface area contributed by atoms with E-state index in [4.69, 9.17) is 9.47 Å². The molecule has 0 saturated heterocycles.